The van der Waals surface area contributed by atoms with Crippen molar-refractivity contribution in [3.05, 3.63) is 29.8 Å². The molecule has 1 saturated heterocycles. The number of carbonyl (C=O) groups excluding carboxylic acids is 1. The van der Waals surface area contributed by atoms with Crippen LogP contribution < -0.4 is 15.4 Å². The number of benzene rings is 1. The lowest BCUT2D eigenvalue weighted by atomic mass is 10.1. The summed E-state index contributed by atoms with van der Waals surface area (Å²) in [5.74, 6) is -0.429. The van der Waals surface area contributed by atoms with E-state index in [1.807, 2.05) is 0 Å². The number of ether oxygens (including phenoxy) is 2. The molecule has 1 fully saturated rings. The minimum absolute atomic E-state index is 0.162. The predicted octanol–water partition coefficient (Wildman–Crippen LogP) is 1.62. The second-order valence-corrected chi connectivity index (χ2v) is 5.16. The quantitative estimate of drug-likeness (QED) is 0.831. The number of nitrogens with one attached hydrogen (secondary N) is 2. The third kappa shape index (κ3) is 6.45. The fraction of sp³-hybridized carbons (Fsp3) is 0.533. The summed E-state index contributed by atoms with van der Waals surface area (Å²) in [4.78, 5) is 11.8. The van der Waals surface area contributed by atoms with Gasteiger partial charge in [-0.05, 0) is 18.1 Å². The molecule has 5 nitrogen and oxygen atoms in total. The molecule has 1 aromatic carbocycles. The van der Waals surface area contributed by atoms with Crippen molar-refractivity contribution in [1.29, 1.82) is 0 Å². The number of para-hydroxylation sites is 1. The molecular weight excluding hydrogens is 313 g/mol. The highest BCUT2D eigenvalue weighted by Gasteiger charge is 2.31. The first-order valence-electron chi connectivity index (χ1n) is 7.37. The molecule has 0 aromatic heterocycles. The lowest BCUT2D eigenvalue weighted by Crippen LogP contribution is -2.41. The molecule has 1 aliphatic rings. The number of amides is 1. The van der Waals surface area contributed by atoms with E-state index in [0.29, 0.717) is 18.7 Å². The van der Waals surface area contributed by atoms with E-state index >= 15 is 0 Å². The molecule has 1 aromatic rings. The molecule has 23 heavy (non-hydrogen) atoms. The largest absolute Gasteiger partial charge is 0.573 e. The Morgan fingerprint density at radius 3 is 2.87 bits per heavy atom. The summed E-state index contributed by atoms with van der Waals surface area (Å²) in [6.07, 6.45) is -4.41. The van der Waals surface area contributed by atoms with Gasteiger partial charge in [-0.2, -0.15) is 0 Å². The van der Waals surface area contributed by atoms with Crippen LogP contribution in [0.15, 0.2) is 24.3 Å². The Hall–Kier alpha value is -1.80. The van der Waals surface area contributed by atoms with E-state index in [1.54, 1.807) is 12.1 Å². The molecule has 1 heterocycles. The first-order chi connectivity index (χ1) is 10.9. The third-order valence-electron chi connectivity index (χ3n) is 3.33. The van der Waals surface area contributed by atoms with Crippen LogP contribution >= 0.6 is 0 Å². The Morgan fingerprint density at radius 1 is 1.39 bits per heavy atom. The van der Waals surface area contributed by atoms with E-state index in [-0.39, 0.29) is 37.1 Å². The monoisotopic (exact) mass is 332 g/mol. The average molecular weight is 332 g/mol. The summed E-state index contributed by atoms with van der Waals surface area (Å²) in [6.45, 7) is 2.20. The highest BCUT2D eigenvalue weighted by atomic mass is 19.4. The van der Waals surface area contributed by atoms with E-state index < -0.39 is 6.36 Å². The summed E-state index contributed by atoms with van der Waals surface area (Å²) in [5.41, 5.74) is 0.390. The molecule has 128 valence electrons. The molecule has 0 aliphatic carbocycles. The zero-order chi connectivity index (χ0) is 16.7. The van der Waals surface area contributed by atoms with Gasteiger partial charge < -0.3 is 20.1 Å². The maximum atomic E-state index is 12.3. The molecule has 1 atom stereocenters. The van der Waals surface area contributed by atoms with Gasteiger partial charge in [0.25, 0.3) is 0 Å². The maximum Gasteiger partial charge on any atom is 0.573 e. The zero-order valence-corrected chi connectivity index (χ0v) is 12.5. The number of rotatable bonds is 6. The smallest absolute Gasteiger partial charge is 0.406 e. The third-order valence-corrected chi connectivity index (χ3v) is 3.33. The van der Waals surface area contributed by atoms with Crippen LogP contribution in [-0.2, 0) is 16.0 Å². The van der Waals surface area contributed by atoms with E-state index in [1.165, 1.54) is 12.1 Å². The van der Waals surface area contributed by atoms with Crippen LogP contribution in [-0.4, -0.2) is 44.6 Å². The normalized spacial score (nSPS) is 18.5. The van der Waals surface area contributed by atoms with Crippen LogP contribution in [0.3, 0.4) is 0 Å². The van der Waals surface area contributed by atoms with Gasteiger partial charge in [0.05, 0.1) is 19.1 Å². The summed E-state index contributed by atoms with van der Waals surface area (Å²) in [7, 11) is 0. The van der Waals surface area contributed by atoms with Crippen molar-refractivity contribution in [2.24, 2.45) is 0 Å². The Kier molecular flexibility index (Phi) is 6.23. The van der Waals surface area contributed by atoms with Gasteiger partial charge in [0, 0.05) is 19.6 Å². The molecule has 0 saturated carbocycles. The highest BCUT2D eigenvalue weighted by Crippen LogP contribution is 2.26. The molecule has 0 spiro atoms. The van der Waals surface area contributed by atoms with Crippen molar-refractivity contribution in [1.82, 2.24) is 10.6 Å². The maximum absolute atomic E-state index is 12.3. The van der Waals surface area contributed by atoms with E-state index in [9.17, 15) is 18.0 Å². The van der Waals surface area contributed by atoms with Gasteiger partial charge in [0.15, 0.2) is 0 Å². The number of hydrogen-bond donors (Lipinski definition) is 2. The summed E-state index contributed by atoms with van der Waals surface area (Å²) in [6, 6.07) is 5.89. The highest BCUT2D eigenvalue weighted by molar-refractivity contribution is 5.76. The van der Waals surface area contributed by atoms with Crippen LogP contribution in [0.1, 0.15) is 12.0 Å². The van der Waals surface area contributed by atoms with E-state index in [2.05, 4.69) is 15.4 Å². The van der Waals surface area contributed by atoms with Crippen LogP contribution in [0.25, 0.3) is 0 Å². The van der Waals surface area contributed by atoms with E-state index in [0.717, 1.165) is 6.54 Å². The first kappa shape index (κ1) is 17.6. The average Bonchev–Trinajstić information content (AvgIpc) is 2.48. The molecule has 1 aliphatic heterocycles. The molecule has 2 N–H and O–H groups in total. The number of morpholine rings is 1. The number of carbonyl (C=O) groups is 1. The summed E-state index contributed by atoms with van der Waals surface area (Å²) in [5, 5.41) is 5.81. The van der Waals surface area contributed by atoms with Crippen LogP contribution in [0.2, 0.25) is 0 Å². The number of halogens is 3. The van der Waals surface area contributed by atoms with Crippen molar-refractivity contribution < 1.29 is 27.4 Å². The lowest BCUT2D eigenvalue weighted by Gasteiger charge is -2.23. The second-order valence-electron chi connectivity index (χ2n) is 5.16. The fourth-order valence-electron chi connectivity index (χ4n) is 2.30. The molecule has 1 unspecified atom stereocenters. The van der Waals surface area contributed by atoms with Gasteiger partial charge in [-0.3, -0.25) is 4.79 Å². The van der Waals surface area contributed by atoms with Gasteiger partial charge in [-0.1, -0.05) is 18.2 Å². The van der Waals surface area contributed by atoms with Gasteiger partial charge in [0.1, 0.15) is 5.75 Å². The fourth-order valence-corrected chi connectivity index (χ4v) is 2.30. The Morgan fingerprint density at radius 2 is 2.17 bits per heavy atom. The Labute approximate surface area is 132 Å². The van der Waals surface area contributed by atoms with Crippen LogP contribution in [0.5, 0.6) is 5.75 Å². The Balaban J connectivity index is 1.78. The van der Waals surface area contributed by atoms with Crippen molar-refractivity contribution in [3.63, 3.8) is 0 Å². The first-order valence-corrected chi connectivity index (χ1v) is 7.37. The summed E-state index contributed by atoms with van der Waals surface area (Å²) < 4.78 is 46.4. The molecule has 8 heteroatoms. The van der Waals surface area contributed by atoms with Crippen LogP contribution in [0.4, 0.5) is 13.2 Å². The number of hydrogen-bond acceptors (Lipinski definition) is 4. The van der Waals surface area contributed by atoms with Gasteiger partial charge in [-0.25, -0.2) is 0 Å². The second kappa shape index (κ2) is 8.16. The topological polar surface area (TPSA) is 59.6 Å². The number of alkyl halides is 3. The van der Waals surface area contributed by atoms with Gasteiger partial charge in [-0.15, -0.1) is 13.2 Å². The lowest BCUT2D eigenvalue weighted by molar-refractivity contribution is -0.274. The molecule has 1 amide bonds. The van der Waals surface area contributed by atoms with Crippen molar-refractivity contribution in [2.45, 2.75) is 25.3 Å². The van der Waals surface area contributed by atoms with E-state index in [4.69, 9.17) is 4.74 Å². The zero-order valence-electron chi connectivity index (χ0n) is 12.5. The molecular formula is C15H19F3N2O3. The van der Waals surface area contributed by atoms with Crippen LogP contribution in [0, 0.1) is 0 Å². The standard InChI is InChI=1S/C15H19F3N2O3/c16-15(17,18)23-13-4-2-1-3-11(13)5-6-20-14(21)9-12-10-19-7-8-22-12/h1-4,12,19H,5-10H2,(H,20,21). The SMILES string of the molecule is O=C(CC1CNCCO1)NCCc1ccccc1OC(F)(F)F. The molecule has 0 radical (unpaired) electrons. The van der Waals surface area contributed by atoms with Crippen molar-refractivity contribution in [2.75, 3.05) is 26.2 Å². The Bertz CT molecular complexity index is 517. The minimum atomic E-state index is -4.73. The predicted molar refractivity (Wildman–Crippen MR) is 77.1 cm³/mol. The molecule has 2 rings (SSSR count). The summed E-state index contributed by atoms with van der Waals surface area (Å²) >= 11 is 0. The van der Waals surface area contributed by atoms with Crippen molar-refractivity contribution in [3.8, 4) is 5.75 Å². The van der Waals surface area contributed by atoms with Gasteiger partial charge in [0.2, 0.25) is 5.91 Å². The van der Waals surface area contributed by atoms with Gasteiger partial charge >= 0.3 is 6.36 Å². The minimum Gasteiger partial charge on any atom is -0.406 e. The molecule has 0 bridgehead atoms. The van der Waals surface area contributed by atoms with Crippen molar-refractivity contribution >= 4 is 5.91 Å².